The summed E-state index contributed by atoms with van der Waals surface area (Å²) in [4.78, 5) is 4.00. The molecule has 0 saturated carbocycles. The molecule has 1 heterocycles. The van der Waals surface area contributed by atoms with Crippen molar-refractivity contribution >= 4 is 31.9 Å². The van der Waals surface area contributed by atoms with Crippen LogP contribution in [0.4, 0.5) is 0 Å². The number of rotatable bonds is 3. The van der Waals surface area contributed by atoms with Crippen molar-refractivity contribution in [2.24, 2.45) is 5.92 Å². The zero-order chi connectivity index (χ0) is 10.7. The maximum Gasteiger partial charge on any atom is 0.0815 e. The Morgan fingerprint density at radius 3 is 2.21 bits per heavy atom. The summed E-state index contributed by atoms with van der Waals surface area (Å²) in [5, 5.41) is 9.96. The van der Waals surface area contributed by atoms with Crippen LogP contribution in [0.2, 0.25) is 0 Å². The van der Waals surface area contributed by atoms with Crippen molar-refractivity contribution in [3.8, 4) is 0 Å². The highest BCUT2D eigenvalue weighted by molar-refractivity contribution is 9.11. The first-order valence-corrected chi connectivity index (χ1v) is 6.08. The number of halogens is 2. The lowest BCUT2D eigenvalue weighted by Crippen LogP contribution is -2.04. The molecule has 1 atom stereocenters. The molecule has 4 heteroatoms. The topological polar surface area (TPSA) is 33.1 Å². The molecule has 0 fully saturated rings. The van der Waals surface area contributed by atoms with E-state index in [4.69, 9.17) is 0 Å². The van der Waals surface area contributed by atoms with Crippen LogP contribution in [0.1, 0.15) is 31.9 Å². The van der Waals surface area contributed by atoms with E-state index in [0.717, 1.165) is 20.9 Å². The molecule has 0 amide bonds. The van der Waals surface area contributed by atoms with Crippen LogP contribution < -0.4 is 0 Å². The van der Waals surface area contributed by atoms with Gasteiger partial charge in [-0.1, -0.05) is 13.8 Å². The average Bonchev–Trinajstić information content (AvgIpc) is 2.01. The number of hydrogen-bond acceptors (Lipinski definition) is 2. The van der Waals surface area contributed by atoms with E-state index < -0.39 is 6.10 Å². The fourth-order valence-electron chi connectivity index (χ4n) is 1.30. The van der Waals surface area contributed by atoms with Gasteiger partial charge < -0.3 is 5.11 Å². The van der Waals surface area contributed by atoms with E-state index in [9.17, 15) is 5.11 Å². The van der Waals surface area contributed by atoms with Crippen LogP contribution in [0.3, 0.4) is 0 Å². The van der Waals surface area contributed by atoms with Crippen LogP contribution in [-0.4, -0.2) is 10.1 Å². The molecule has 78 valence electrons. The Hall–Kier alpha value is 0.0700. The molecule has 0 aromatic carbocycles. The summed E-state index contributed by atoms with van der Waals surface area (Å²) in [6.45, 7) is 4.18. The van der Waals surface area contributed by atoms with Crippen molar-refractivity contribution in [2.75, 3.05) is 0 Å². The smallest absolute Gasteiger partial charge is 0.0815 e. The van der Waals surface area contributed by atoms with Gasteiger partial charge in [0.1, 0.15) is 0 Å². The molecular formula is C10H13Br2NO. The molecule has 0 aliphatic carbocycles. The highest BCUT2D eigenvalue weighted by Gasteiger charge is 2.16. The predicted molar refractivity (Wildman–Crippen MR) is 64.1 cm³/mol. The number of aliphatic hydroxyl groups is 1. The minimum atomic E-state index is -0.443. The molecule has 1 unspecified atom stereocenters. The standard InChI is InChI=1S/C10H13Br2NO/c1-6(2)3-9(14)10-7(11)4-13-5-8(10)12/h4-6,9,14H,3H2,1-2H3. The van der Waals surface area contributed by atoms with Crippen LogP contribution in [0.15, 0.2) is 21.3 Å². The monoisotopic (exact) mass is 321 g/mol. The number of pyridine rings is 1. The van der Waals surface area contributed by atoms with E-state index in [0.29, 0.717) is 5.92 Å². The van der Waals surface area contributed by atoms with E-state index in [-0.39, 0.29) is 0 Å². The molecule has 0 aliphatic heterocycles. The number of nitrogens with zero attached hydrogens (tertiary/aromatic N) is 1. The van der Waals surface area contributed by atoms with Crippen LogP contribution in [0.25, 0.3) is 0 Å². The second-order valence-electron chi connectivity index (χ2n) is 3.66. The summed E-state index contributed by atoms with van der Waals surface area (Å²) in [5.41, 5.74) is 0.883. The zero-order valence-electron chi connectivity index (χ0n) is 8.17. The van der Waals surface area contributed by atoms with E-state index in [1.54, 1.807) is 12.4 Å². The molecule has 1 aromatic rings. The van der Waals surface area contributed by atoms with Crippen LogP contribution in [0.5, 0.6) is 0 Å². The highest BCUT2D eigenvalue weighted by Crippen LogP contribution is 2.32. The first kappa shape index (κ1) is 12.1. The first-order chi connectivity index (χ1) is 6.52. The van der Waals surface area contributed by atoms with Crippen molar-refractivity contribution in [3.63, 3.8) is 0 Å². The lowest BCUT2D eigenvalue weighted by atomic mass is 10.0. The Kier molecular flexibility index (Phi) is 4.54. The minimum Gasteiger partial charge on any atom is -0.388 e. The quantitative estimate of drug-likeness (QED) is 0.920. The zero-order valence-corrected chi connectivity index (χ0v) is 11.3. The summed E-state index contributed by atoms with van der Waals surface area (Å²) in [6.07, 6.45) is 3.70. The molecular weight excluding hydrogens is 310 g/mol. The number of aliphatic hydroxyl groups excluding tert-OH is 1. The SMILES string of the molecule is CC(C)CC(O)c1c(Br)cncc1Br. The van der Waals surface area contributed by atoms with Crippen molar-refractivity contribution < 1.29 is 5.11 Å². The summed E-state index contributed by atoms with van der Waals surface area (Å²) in [7, 11) is 0. The van der Waals surface area contributed by atoms with Crippen molar-refractivity contribution in [1.29, 1.82) is 0 Å². The Morgan fingerprint density at radius 2 is 1.79 bits per heavy atom. The molecule has 0 saturated heterocycles. The van der Waals surface area contributed by atoms with Gasteiger partial charge in [0, 0.05) is 26.9 Å². The third-order valence-electron chi connectivity index (χ3n) is 1.92. The second kappa shape index (κ2) is 5.24. The Balaban J connectivity index is 2.94. The Morgan fingerprint density at radius 1 is 1.29 bits per heavy atom. The molecule has 0 aliphatic rings. The van der Waals surface area contributed by atoms with E-state index in [1.807, 2.05) is 0 Å². The largest absolute Gasteiger partial charge is 0.388 e. The molecule has 2 nitrogen and oxygen atoms in total. The summed E-state index contributed by atoms with van der Waals surface area (Å²) in [5.74, 6) is 0.469. The van der Waals surface area contributed by atoms with Gasteiger partial charge in [-0.05, 0) is 44.2 Å². The second-order valence-corrected chi connectivity index (χ2v) is 5.37. The number of aromatic nitrogens is 1. The predicted octanol–water partition coefficient (Wildman–Crippen LogP) is 3.69. The van der Waals surface area contributed by atoms with Crippen LogP contribution >= 0.6 is 31.9 Å². The van der Waals surface area contributed by atoms with Crippen molar-refractivity contribution in [3.05, 3.63) is 26.9 Å². The van der Waals surface area contributed by atoms with Crippen LogP contribution in [0, 0.1) is 5.92 Å². The molecule has 1 rings (SSSR count). The minimum absolute atomic E-state index is 0.443. The van der Waals surface area contributed by atoms with E-state index in [1.165, 1.54) is 0 Å². The van der Waals surface area contributed by atoms with E-state index in [2.05, 4.69) is 50.7 Å². The van der Waals surface area contributed by atoms with E-state index >= 15 is 0 Å². The lowest BCUT2D eigenvalue weighted by molar-refractivity contribution is 0.149. The number of hydrogen-bond donors (Lipinski definition) is 1. The fourth-order valence-corrected chi connectivity index (χ4v) is 2.76. The van der Waals surface area contributed by atoms with Gasteiger partial charge in [0.05, 0.1) is 6.10 Å². The van der Waals surface area contributed by atoms with Gasteiger partial charge in [-0.2, -0.15) is 0 Å². The van der Waals surface area contributed by atoms with Gasteiger partial charge in [0.2, 0.25) is 0 Å². The molecule has 0 spiro atoms. The maximum atomic E-state index is 9.96. The van der Waals surface area contributed by atoms with Crippen molar-refractivity contribution in [1.82, 2.24) is 4.98 Å². The lowest BCUT2D eigenvalue weighted by Gasteiger charge is -2.16. The highest BCUT2D eigenvalue weighted by atomic mass is 79.9. The normalized spacial score (nSPS) is 13.3. The third-order valence-corrected chi connectivity index (χ3v) is 3.18. The average molecular weight is 323 g/mol. The van der Waals surface area contributed by atoms with Gasteiger partial charge in [0.25, 0.3) is 0 Å². The van der Waals surface area contributed by atoms with Gasteiger partial charge in [-0.15, -0.1) is 0 Å². The third kappa shape index (κ3) is 3.04. The van der Waals surface area contributed by atoms with Crippen molar-refractivity contribution in [2.45, 2.75) is 26.4 Å². The summed E-state index contributed by atoms with van der Waals surface area (Å²) < 4.78 is 1.69. The van der Waals surface area contributed by atoms with Crippen LogP contribution in [-0.2, 0) is 0 Å². The fraction of sp³-hybridized carbons (Fsp3) is 0.500. The van der Waals surface area contributed by atoms with Gasteiger partial charge >= 0.3 is 0 Å². The van der Waals surface area contributed by atoms with Gasteiger partial charge in [0.15, 0.2) is 0 Å². The molecule has 1 N–H and O–H groups in total. The summed E-state index contributed by atoms with van der Waals surface area (Å²) in [6, 6.07) is 0. The molecule has 0 radical (unpaired) electrons. The first-order valence-electron chi connectivity index (χ1n) is 4.49. The molecule has 14 heavy (non-hydrogen) atoms. The Bertz CT molecular complexity index is 295. The molecule has 1 aromatic heterocycles. The van der Waals surface area contributed by atoms with Gasteiger partial charge in [-0.3, -0.25) is 4.98 Å². The molecule has 0 bridgehead atoms. The van der Waals surface area contributed by atoms with Gasteiger partial charge in [-0.25, -0.2) is 0 Å². The summed E-state index contributed by atoms with van der Waals surface area (Å²) >= 11 is 6.77. The maximum absolute atomic E-state index is 9.96. The Labute approximate surface area is 101 Å².